The van der Waals surface area contributed by atoms with E-state index in [0.717, 1.165) is 37.6 Å². The van der Waals surface area contributed by atoms with Gasteiger partial charge in [0.25, 0.3) is 0 Å². The van der Waals surface area contributed by atoms with E-state index < -0.39 is 0 Å². The van der Waals surface area contributed by atoms with Crippen molar-refractivity contribution in [3.05, 3.63) is 0 Å². The summed E-state index contributed by atoms with van der Waals surface area (Å²) < 4.78 is 0. The molecule has 3 nitrogen and oxygen atoms in total. The topological polar surface area (TPSA) is 55.1 Å². The molecule has 2 aliphatic rings. The first-order valence-corrected chi connectivity index (χ1v) is 9.00. The number of nitrogens with two attached hydrogens (primary N) is 1. The molecule has 3 N–H and O–H groups in total. The average molecular weight is 294 g/mol. The summed E-state index contributed by atoms with van der Waals surface area (Å²) in [7, 11) is 0. The zero-order valence-corrected chi connectivity index (χ0v) is 14.1. The van der Waals surface area contributed by atoms with Crippen LogP contribution in [0.15, 0.2) is 0 Å². The van der Waals surface area contributed by atoms with Gasteiger partial charge in [0.15, 0.2) is 0 Å². The Morgan fingerprint density at radius 3 is 2.38 bits per heavy atom. The highest BCUT2D eigenvalue weighted by Gasteiger charge is 2.34. The first-order chi connectivity index (χ1) is 9.97. The van der Waals surface area contributed by atoms with E-state index in [1.165, 1.54) is 25.7 Å². The quantitative estimate of drug-likeness (QED) is 0.835. The van der Waals surface area contributed by atoms with Crippen LogP contribution in [0.4, 0.5) is 0 Å². The van der Waals surface area contributed by atoms with Crippen LogP contribution in [0.2, 0.25) is 0 Å². The molecule has 2 rings (SSSR count). The molecule has 0 aliphatic heterocycles. The highest BCUT2D eigenvalue weighted by Crippen LogP contribution is 2.33. The predicted octanol–water partition coefficient (Wildman–Crippen LogP) is 3.33. The molecule has 0 radical (unpaired) electrons. The van der Waals surface area contributed by atoms with Crippen molar-refractivity contribution < 1.29 is 4.79 Å². The minimum Gasteiger partial charge on any atom is -0.356 e. The number of nitrogens with one attached hydrogen (secondary N) is 1. The second-order valence-corrected chi connectivity index (χ2v) is 7.90. The summed E-state index contributed by atoms with van der Waals surface area (Å²) in [6, 6.07) is 0.191. The first kappa shape index (κ1) is 16.8. The molecule has 4 unspecified atom stereocenters. The zero-order valence-electron chi connectivity index (χ0n) is 14.1. The third kappa shape index (κ3) is 4.70. The number of carbonyl (C=O) groups excluding carboxylic acids is 1. The van der Waals surface area contributed by atoms with E-state index >= 15 is 0 Å². The smallest absolute Gasteiger partial charge is 0.223 e. The maximum Gasteiger partial charge on any atom is 0.223 e. The lowest BCUT2D eigenvalue weighted by molar-refractivity contribution is -0.128. The largest absolute Gasteiger partial charge is 0.356 e. The van der Waals surface area contributed by atoms with E-state index in [0.29, 0.717) is 11.8 Å². The summed E-state index contributed by atoms with van der Waals surface area (Å²) >= 11 is 0. The SMILES string of the molecule is CC1CCC(CCNC(=O)C2CC(N)C(C)CC2C)CC1. The monoisotopic (exact) mass is 294 g/mol. The van der Waals surface area contributed by atoms with Crippen LogP contribution >= 0.6 is 0 Å². The second kappa shape index (κ2) is 7.62. The van der Waals surface area contributed by atoms with Crippen molar-refractivity contribution in [2.75, 3.05) is 6.54 Å². The van der Waals surface area contributed by atoms with Gasteiger partial charge in [-0.05, 0) is 42.9 Å². The Kier molecular flexibility index (Phi) is 6.09. The van der Waals surface area contributed by atoms with Gasteiger partial charge in [-0.2, -0.15) is 0 Å². The molecule has 2 aliphatic carbocycles. The lowest BCUT2D eigenvalue weighted by Gasteiger charge is -2.36. The molecule has 1 amide bonds. The first-order valence-electron chi connectivity index (χ1n) is 9.00. The Morgan fingerprint density at radius 1 is 1.05 bits per heavy atom. The molecule has 3 heteroatoms. The zero-order chi connectivity index (χ0) is 15.4. The van der Waals surface area contributed by atoms with Gasteiger partial charge in [-0.25, -0.2) is 0 Å². The number of hydrogen-bond acceptors (Lipinski definition) is 2. The fraction of sp³-hybridized carbons (Fsp3) is 0.944. The molecular weight excluding hydrogens is 260 g/mol. The Bertz CT molecular complexity index is 336. The standard InChI is InChI=1S/C18H34N2O/c1-12-4-6-15(7-5-12)8-9-20-18(21)16-11-17(19)14(3)10-13(16)2/h12-17H,4-11,19H2,1-3H3,(H,20,21). The van der Waals surface area contributed by atoms with Gasteiger partial charge in [-0.15, -0.1) is 0 Å². The van der Waals surface area contributed by atoms with Crippen LogP contribution in [0.1, 0.15) is 65.7 Å². The molecule has 21 heavy (non-hydrogen) atoms. The van der Waals surface area contributed by atoms with Gasteiger partial charge in [0.1, 0.15) is 0 Å². The fourth-order valence-corrected chi connectivity index (χ4v) is 4.20. The van der Waals surface area contributed by atoms with Crippen molar-refractivity contribution in [2.45, 2.75) is 71.8 Å². The summed E-state index contributed by atoms with van der Waals surface area (Å²) in [6.45, 7) is 7.62. The summed E-state index contributed by atoms with van der Waals surface area (Å²) in [6.07, 6.45) is 8.52. The third-order valence-electron chi connectivity index (χ3n) is 6.01. The van der Waals surface area contributed by atoms with Crippen molar-refractivity contribution in [3.8, 4) is 0 Å². The van der Waals surface area contributed by atoms with Crippen molar-refractivity contribution in [2.24, 2.45) is 35.3 Å². The summed E-state index contributed by atoms with van der Waals surface area (Å²) in [5, 5.41) is 3.18. The molecule has 0 heterocycles. The van der Waals surface area contributed by atoms with E-state index in [1.54, 1.807) is 0 Å². The summed E-state index contributed by atoms with van der Waals surface area (Å²) in [5.41, 5.74) is 6.15. The van der Waals surface area contributed by atoms with Crippen molar-refractivity contribution >= 4 is 5.91 Å². The highest BCUT2D eigenvalue weighted by molar-refractivity contribution is 5.79. The molecule has 0 aromatic carbocycles. The van der Waals surface area contributed by atoms with E-state index in [-0.39, 0.29) is 17.9 Å². The van der Waals surface area contributed by atoms with E-state index in [9.17, 15) is 4.79 Å². The molecule has 0 saturated heterocycles. The van der Waals surface area contributed by atoms with Crippen LogP contribution in [-0.4, -0.2) is 18.5 Å². The van der Waals surface area contributed by atoms with Crippen LogP contribution < -0.4 is 11.1 Å². The van der Waals surface area contributed by atoms with Gasteiger partial charge in [0.05, 0.1) is 0 Å². The van der Waals surface area contributed by atoms with Gasteiger partial charge >= 0.3 is 0 Å². The minimum atomic E-state index is 0.127. The Hall–Kier alpha value is -0.570. The Balaban J connectivity index is 1.69. The summed E-state index contributed by atoms with van der Waals surface area (Å²) in [4.78, 5) is 12.4. The van der Waals surface area contributed by atoms with Gasteiger partial charge in [-0.3, -0.25) is 4.79 Å². The van der Waals surface area contributed by atoms with Crippen LogP contribution in [0, 0.1) is 29.6 Å². The molecule has 122 valence electrons. The molecule has 0 aromatic heterocycles. The maximum absolute atomic E-state index is 12.4. The van der Waals surface area contributed by atoms with E-state index in [4.69, 9.17) is 5.73 Å². The Morgan fingerprint density at radius 2 is 1.71 bits per heavy atom. The van der Waals surface area contributed by atoms with Gasteiger partial charge in [-0.1, -0.05) is 46.5 Å². The fourth-order valence-electron chi connectivity index (χ4n) is 4.20. The lowest BCUT2D eigenvalue weighted by Crippen LogP contribution is -2.45. The van der Waals surface area contributed by atoms with Gasteiger partial charge in [0.2, 0.25) is 5.91 Å². The van der Waals surface area contributed by atoms with Gasteiger partial charge < -0.3 is 11.1 Å². The maximum atomic E-state index is 12.4. The second-order valence-electron chi connectivity index (χ2n) is 7.90. The summed E-state index contributed by atoms with van der Waals surface area (Å²) in [5.74, 6) is 3.12. The van der Waals surface area contributed by atoms with Crippen LogP contribution in [-0.2, 0) is 4.79 Å². The van der Waals surface area contributed by atoms with Crippen molar-refractivity contribution in [3.63, 3.8) is 0 Å². The van der Waals surface area contributed by atoms with Crippen LogP contribution in [0.25, 0.3) is 0 Å². The predicted molar refractivity (Wildman–Crippen MR) is 87.8 cm³/mol. The minimum absolute atomic E-state index is 0.127. The van der Waals surface area contributed by atoms with Crippen LogP contribution in [0.5, 0.6) is 0 Å². The molecule has 0 spiro atoms. The average Bonchev–Trinajstić information content (AvgIpc) is 2.45. The number of carbonyl (C=O) groups is 1. The normalized spacial score (nSPS) is 40.8. The molecule has 0 bridgehead atoms. The van der Waals surface area contributed by atoms with Gasteiger partial charge in [0, 0.05) is 18.5 Å². The van der Waals surface area contributed by atoms with E-state index in [2.05, 4.69) is 26.1 Å². The van der Waals surface area contributed by atoms with Crippen molar-refractivity contribution in [1.82, 2.24) is 5.32 Å². The van der Waals surface area contributed by atoms with Crippen LogP contribution in [0.3, 0.4) is 0 Å². The number of rotatable bonds is 4. The molecule has 0 aromatic rings. The highest BCUT2D eigenvalue weighted by atomic mass is 16.1. The molecule has 2 fully saturated rings. The number of amides is 1. The molecule has 4 atom stereocenters. The van der Waals surface area contributed by atoms with E-state index in [1.807, 2.05) is 0 Å². The lowest BCUT2D eigenvalue weighted by atomic mass is 9.72. The number of hydrogen-bond donors (Lipinski definition) is 2. The third-order valence-corrected chi connectivity index (χ3v) is 6.01. The Labute approximate surface area is 130 Å². The molecular formula is C18H34N2O. The molecule has 2 saturated carbocycles. The van der Waals surface area contributed by atoms with Crippen molar-refractivity contribution in [1.29, 1.82) is 0 Å².